The van der Waals surface area contributed by atoms with Crippen molar-refractivity contribution in [2.45, 2.75) is 45.6 Å². The Labute approximate surface area is 110 Å². The van der Waals surface area contributed by atoms with Crippen LogP contribution in [0.4, 0.5) is 5.82 Å². The molecule has 1 heterocycles. The topological polar surface area (TPSA) is 41.1 Å². The van der Waals surface area contributed by atoms with Crippen LogP contribution in [0.25, 0.3) is 0 Å². The number of rotatable bonds is 4. The predicted molar refractivity (Wildman–Crippen MR) is 74.8 cm³/mol. The summed E-state index contributed by atoms with van der Waals surface area (Å²) in [5.74, 6) is 2.01. The Kier molecular flexibility index (Phi) is 4.53. The first kappa shape index (κ1) is 13.3. The van der Waals surface area contributed by atoms with Crippen molar-refractivity contribution in [3.05, 3.63) is 17.1 Å². The Hall–Kier alpha value is -1.16. The fourth-order valence-electron chi connectivity index (χ4n) is 2.49. The van der Waals surface area contributed by atoms with Crippen molar-refractivity contribution >= 4 is 5.82 Å². The van der Waals surface area contributed by atoms with Crippen LogP contribution in [0.2, 0.25) is 0 Å². The number of aromatic nitrogens is 2. The second kappa shape index (κ2) is 6.14. The molecule has 0 aliphatic heterocycles. The molecule has 18 heavy (non-hydrogen) atoms. The van der Waals surface area contributed by atoms with Gasteiger partial charge >= 0.3 is 0 Å². The molecule has 0 aromatic carbocycles. The summed E-state index contributed by atoms with van der Waals surface area (Å²) in [5.41, 5.74) is 2.63. The molecule has 0 unspecified atom stereocenters. The quantitative estimate of drug-likeness (QED) is 0.830. The summed E-state index contributed by atoms with van der Waals surface area (Å²) in [5, 5.41) is 3.41. The van der Waals surface area contributed by atoms with Crippen LogP contribution in [0.5, 0.6) is 0 Å². The van der Waals surface area contributed by atoms with Gasteiger partial charge in [0.2, 0.25) is 0 Å². The van der Waals surface area contributed by atoms with Gasteiger partial charge in [-0.25, -0.2) is 9.97 Å². The third-order valence-corrected chi connectivity index (χ3v) is 3.28. The number of hydrogen-bond donors (Lipinski definition) is 1. The van der Waals surface area contributed by atoms with Gasteiger partial charge in [0.1, 0.15) is 11.6 Å². The zero-order valence-corrected chi connectivity index (χ0v) is 11.8. The van der Waals surface area contributed by atoms with Gasteiger partial charge in [0.25, 0.3) is 0 Å². The largest absolute Gasteiger partial charge is 0.370 e. The molecule has 0 saturated carbocycles. The molecule has 1 aromatic heterocycles. The molecule has 0 bridgehead atoms. The first-order chi connectivity index (χ1) is 8.70. The monoisotopic (exact) mass is 248 g/mol. The Morgan fingerprint density at radius 1 is 1.11 bits per heavy atom. The van der Waals surface area contributed by atoms with E-state index in [9.17, 15) is 0 Å². The molecule has 1 aliphatic carbocycles. The molecule has 0 atom stereocenters. The molecule has 0 fully saturated rings. The van der Waals surface area contributed by atoms with Crippen molar-refractivity contribution in [2.75, 3.05) is 26.0 Å². The first-order valence-corrected chi connectivity index (χ1v) is 6.98. The van der Waals surface area contributed by atoms with E-state index < -0.39 is 0 Å². The standard InChI is InChI=1S/C14H24N4/c1-4-15-14-11-8-6-5-7-9-12(11)16-13(17-14)10-18(2)3/h4-10H2,1-3H3,(H,15,16,17). The SMILES string of the molecule is CCNc1nc(CN(C)C)nc2c1CCCCC2. The van der Waals surface area contributed by atoms with E-state index in [4.69, 9.17) is 9.97 Å². The van der Waals surface area contributed by atoms with Crippen LogP contribution in [-0.2, 0) is 19.4 Å². The van der Waals surface area contributed by atoms with E-state index in [-0.39, 0.29) is 0 Å². The minimum absolute atomic E-state index is 0.811. The lowest BCUT2D eigenvalue weighted by molar-refractivity contribution is 0.389. The summed E-state index contributed by atoms with van der Waals surface area (Å²) in [4.78, 5) is 11.6. The van der Waals surface area contributed by atoms with Gasteiger partial charge in [0, 0.05) is 17.8 Å². The average Bonchev–Trinajstić information content (AvgIpc) is 2.53. The highest BCUT2D eigenvalue weighted by Gasteiger charge is 2.16. The van der Waals surface area contributed by atoms with Crippen molar-refractivity contribution in [3.63, 3.8) is 0 Å². The van der Waals surface area contributed by atoms with E-state index in [1.165, 1.54) is 30.5 Å². The number of aryl methyl sites for hydroxylation is 1. The fraction of sp³-hybridized carbons (Fsp3) is 0.714. The predicted octanol–water partition coefficient (Wildman–Crippen LogP) is 2.24. The lowest BCUT2D eigenvalue weighted by Crippen LogP contribution is -2.17. The van der Waals surface area contributed by atoms with Crippen LogP contribution in [0.3, 0.4) is 0 Å². The Balaban J connectivity index is 2.35. The van der Waals surface area contributed by atoms with Gasteiger partial charge < -0.3 is 10.2 Å². The molecule has 0 amide bonds. The number of nitrogens with one attached hydrogen (secondary N) is 1. The van der Waals surface area contributed by atoms with Crippen molar-refractivity contribution in [3.8, 4) is 0 Å². The van der Waals surface area contributed by atoms with Crippen LogP contribution >= 0.6 is 0 Å². The van der Waals surface area contributed by atoms with Gasteiger partial charge in [0.05, 0.1) is 6.54 Å². The van der Waals surface area contributed by atoms with Crippen LogP contribution in [0.1, 0.15) is 43.3 Å². The van der Waals surface area contributed by atoms with Gasteiger partial charge in [-0.05, 0) is 46.7 Å². The average molecular weight is 248 g/mol. The van der Waals surface area contributed by atoms with E-state index >= 15 is 0 Å². The van der Waals surface area contributed by atoms with E-state index in [1.807, 2.05) is 0 Å². The number of anilines is 1. The van der Waals surface area contributed by atoms with Gasteiger partial charge in [-0.1, -0.05) is 6.42 Å². The fourth-order valence-corrected chi connectivity index (χ4v) is 2.49. The van der Waals surface area contributed by atoms with Crippen molar-refractivity contribution in [1.82, 2.24) is 14.9 Å². The molecule has 1 aromatic rings. The maximum atomic E-state index is 4.76. The van der Waals surface area contributed by atoms with E-state index in [1.54, 1.807) is 0 Å². The van der Waals surface area contributed by atoms with E-state index in [2.05, 4.69) is 31.2 Å². The third-order valence-electron chi connectivity index (χ3n) is 3.28. The highest BCUT2D eigenvalue weighted by molar-refractivity contribution is 5.47. The van der Waals surface area contributed by atoms with Crippen molar-refractivity contribution in [1.29, 1.82) is 0 Å². The third kappa shape index (κ3) is 3.19. The lowest BCUT2D eigenvalue weighted by Gasteiger charge is -2.15. The molecule has 4 heteroatoms. The summed E-state index contributed by atoms with van der Waals surface area (Å²) in [6, 6.07) is 0. The normalized spacial score (nSPS) is 15.3. The van der Waals surface area contributed by atoms with Gasteiger partial charge in [-0.15, -0.1) is 0 Å². The lowest BCUT2D eigenvalue weighted by atomic mass is 10.1. The molecular formula is C14H24N4. The zero-order chi connectivity index (χ0) is 13.0. The van der Waals surface area contributed by atoms with Crippen LogP contribution in [-0.4, -0.2) is 35.5 Å². The minimum Gasteiger partial charge on any atom is -0.370 e. The molecular weight excluding hydrogens is 224 g/mol. The van der Waals surface area contributed by atoms with E-state index in [0.29, 0.717) is 0 Å². The van der Waals surface area contributed by atoms with Crippen LogP contribution < -0.4 is 5.32 Å². The van der Waals surface area contributed by atoms with E-state index in [0.717, 1.165) is 37.6 Å². The highest BCUT2D eigenvalue weighted by atomic mass is 15.1. The smallest absolute Gasteiger partial charge is 0.144 e. The summed E-state index contributed by atoms with van der Waals surface area (Å²) in [7, 11) is 4.11. The van der Waals surface area contributed by atoms with Gasteiger partial charge in [-0.2, -0.15) is 0 Å². The Morgan fingerprint density at radius 3 is 2.61 bits per heavy atom. The molecule has 1 aliphatic rings. The second-order valence-corrected chi connectivity index (χ2v) is 5.24. The summed E-state index contributed by atoms with van der Waals surface area (Å²) < 4.78 is 0. The molecule has 0 saturated heterocycles. The molecule has 0 radical (unpaired) electrons. The summed E-state index contributed by atoms with van der Waals surface area (Å²) in [6.07, 6.45) is 6.07. The maximum absolute atomic E-state index is 4.76. The molecule has 1 N–H and O–H groups in total. The summed E-state index contributed by atoms with van der Waals surface area (Å²) in [6.45, 7) is 3.85. The van der Waals surface area contributed by atoms with Crippen LogP contribution in [0.15, 0.2) is 0 Å². The van der Waals surface area contributed by atoms with Crippen molar-refractivity contribution < 1.29 is 0 Å². The van der Waals surface area contributed by atoms with Crippen molar-refractivity contribution in [2.24, 2.45) is 0 Å². The summed E-state index contributed by atoms with van der Waals surface area (Å²) >= 11 is 0. The maximum Gasteiger partial charge on any atom is 0.144 e. The highest BCUT2D eigenvalue weighted by Crippen LogP contribution is 2.24. The molecule has 100 valence electrons. The number of hydrogen-bond acceptors (Lipinski definition) is 4. The molecule has 0 spiro atoms. The van der Waals surface area contributed by atoms with Crippen LogP contribution in [0, 0.1) is 0 Å². The number of fused-ring (bicyclic) bond motifs is 1. The second-order valence-electron chi connectivity index (χ2n) is 5.24. The number of nitrogens with zero attached hydrogens (tertiary/aromatic N) is 3. The Morgan fingerprint density at radius 2 is 1.89 bits per heavy atom. The minimum atomic E-state index is 0.811. The van der Waals surface area contributed by atoms with Gasteiger partial charge in [0.15, 0.2) is 0 Å². The zero-order valence-electron chi connectivity index (χ0n) is 11.8. The molecule has 4 nitrogen and oxygen atoms in total. The first-order valence-electron chi connectivity index (χ1n) is 6.98. The van der Waals surface area contributed by atoms with Gasteiger partial charge in [-0.3, -0.25) is 0 Å². The molecule has 2 rings (SSSR count). The Bertz CT molecular complexity index is 401.